The summed E-state index contributed by atoms with van der Waals surface area (Å²) >= 11 is 7.49. The van der Waals surface area contributed by atoms with Crippen molar-refractivity contribution in [1.82, 2.24) is 9.55 Å². The van der Waals surface area contributed by atoms with Gasteiger partial charge >= 0.3 is 0 Å². The van der Waals surface area contributed by atoms with E-state index in [-0.39, 0.29) is 12.5 Å². The molecule has 2 aromatic heterocycles. The van der Waals surface area contributed by atoms with E-state index in [1.54, 1.807) is 48.0 Å². The zero-order chi connectivity index (χ0) is 14.7. The number of hydrogen-bond donors (Lipinski definition) is 1. The molecule has 0 aliphatic heterocycles. The Bertz CT molecular complexity index is 752. The zero-order valence-electron chi connectivity index (χ0n) is 11.0. The molecule has 0 atom stereocenters. The lowest BCUT2D eigenvalue weighted by atomic mass is 10.3. The average Bonchev–Trinajstić information content (AvgIpc) is 3.08. The van der Waals surface area contributed by atoms with Crippen molar-refractivity contribution in [3.63, 3.8) is 0 Å². The smallest absolute Gasteiger partial charge is 0.244 e. The summed E-state index contributed by atoms with van der Waals surface area (Å²) < 4.78 is 1.83. The van der Waals surface area contributed by atoms with Gasteiger partial charge < -0.3 is 9.88 Å². The molecule has 0 bridgehead atoms. The van der Waals surface area contributed by atoms with Crippen LogP contribution in [-0.2, 0) is 11.3 Å². The Kier molecular flexibility index (Phi) is 4.03. The molecule has 1 amide bonds. The number of hydrogen-bond acceptors (Lipinski definition) is 3. The Balaban J connectivity index is 1.73. The lowest BCUT2D eigenvalue weighted by Gasteiger charge is -2.08. The predicted octanol–water partition coefficient (Wildman–Crippen LogP) is 3.90. The third kappa shape index (κ3) is 3.32. The lowest BCUT2D eigenvalue weighted by Crippen LogP contribution is -2.18. The predicted molar refractivity (Wildman–Crippen MR) is 85.6 cm³/mol. The van der Waals surface area contributed by atoms with Crippen LogP contribution < -0.4 is 5.32 Å². The second-order valence-corrected chi connectivity index (χ2v) is 5.80. The van der Waals surface area contributed by atoms with E-state index >= 15 is 0 Å². The van der Waals surface area contributed by atoms with E-state index in [9.17, 15) is 4.79 Å². The van der Waals surface area contributed by atoms with E-state index in [1.807, 2.05) is 22.1 Å². The highest BCUT2D eigenvalue weighted by molar-refractivity contribution is 7.13. The molecule has 0 unspecified atom stereocenters. The van der Waals surface area contributed by atoms with Crippen LogP contribution in [0.25, 0.3) is 10.7 Å². The molecule has 6 heteroatoms. The summed E-state index contributed by atoms with van der Waals surface area (Å²) in [5, 5.41) is 5.40. The van der Waals surface area contributed by atoms with Gasteiger partial charge in [0.1, 0.15) is 12.4 Å². The van der Waals surface area contributed by atoms with E-state index < -0.39 is 0 Å². The van der Waals surface area contributed by atoms with Crippen LogP contribution in [0.5, 0.6) is 0 Å². The fourth-order valence-corrected chi connectivity index (χ4v) is 2.92. The molecule has 0 fully saturated rings. The van der Waals surface area contributed by atoms with Crippen LogP contribution in [0.2, 0.25) is 5.02 Å². The minimum absolute atomic E-state index is 0.118. The summed E-state index contributed by atoms with van der Waals surface area (Å²) in [5.74, 6) is 0.680. The van der Waals surface area contributed by atoms with Gasteiger partial charge in [0.05, 0.1) is 4.88 Å². The third-order valence-electron chi connectivity index (χ3n) is 2.88. The van der Waals surface area contributed by atoms with E-state index in [2.05, 4.69) is 10.3 Å². The molecule has 4 nitrogen and oxygen atoms in total. The third-order valence-corrected chi connectivity index (χ3v) is 3.98. The van der Waals surface area contributed by atoms with Crippen LogP contribution in [-0.4, -0.2) is 15.5 Å². The van der Waals surface area contributed by atoms with Crippen molar-refractivity contribution in [2.24, 2.45) is 0 Å². The van der Waals surface area contributed by atoms with Crippen LogP contribution in [0.3, 0.4) is 0 Å². The van der Waals surface area contributed by atoms with E-state index in [4.69, 9.17) is 11.6 Å². The standard InChI is InChI=1S/C15H12ClN3OS/c16-11-3-1-4-12(9-11)18-14(20)10-19-7-6-17-15(19)13-5-2-8-21-13/h1-9H,10H2,(H,18,20). The van der Waals surface area contributed by atoms with Crippen LogP contribution in [0.15, 0.2) is 54.2 Å². The van der Waals surface area contributed by atoms with Crippen molar-refractivity contribution in [2.75, 3.05) is 5.32 Å². The summed E-state index contributed by atoms with van der Waals surface area (Å²) in [6.07, 6.45) is 3.49. The van der Waals surface area contributed by atoms with Gasteiger partial charge in [-0.05, 0) is 29.6 Å². The van der Waals surface area contributed by atoms with Crippen LogP contribution in [0, 0.1) is 0 Å². The topological polar surface area (TPSA) is 46.9 Å². The van der Waals surface area contributed by atoms with Crippen molar-refractivity contribution in [2.45, 2.75) is 6.54 Å². The number of nitrogens with zero attached hydrogens (tertiary/aromatic N) is 2. The number of halogens is 1. The molecule has 1 aromatic carbocycles. The van der Waals surface area contributed by atoms with Crippen molar-refractivity contribution < 1.29 is 4.79 Å². The SMILES string of the molecule is O=C(Cn1ccnc1-c1cccs1)Nc1cccc(Cl)c1. The van der Waals surface area contributed by atoms with Crippen LogP contribution >= 0.6 is 22.9 Å². The van der Waals surface area contributed by atoms with E-state index in [0.29, 0.717) is 10.7 Å². The van der Waals surface area contributed by atoms with Gasteiger partial charge in [0.2, 0.25) is 5.91 Å². The second-order valence-electron chi connectivity index (χ2n) is 4.41. The first-order valence-corrected chi connectivity index (χ1v) is 7.58. The quantitative estimate of drug-likeness (QED) is 0.793. The summed E-state index contributed by atoms with van der Waals surface area (Å²) in [4.78, 5) is 17.5. The van der Waals surface area contributed by atoms with Gasteiger partial charge in [0.25, 0.3) is 0 Å². The van der Waals surface area contributed by atoms with Gasteiger partial charge in [-0.25, -0.2) is 4.98 Å². The van der Waals surface area contributed by atoms with Gasteiger partial charge in [-0.2, -0.15) is 0 Å². The number of rotatable bonds is 4. The Morgan fingerprint density at radius 3 is 3.00 bits per heavy atom. The first-order valence-electron chi connectivity index (χ1n) is 6.33. The molecule has 0 spiro atoms. The molecule has 1 N–H and O–H groups in total. The molecule has 21 heavy (non-hydrogen) atoms. The number of carbonyl (C=O) groups excluding carboxylic acids is 1. The number of thiophene rings is 1. The molecule has 0 saturated heterocycles. The molecule has 3 aromatic rings. The normalized spacial score (nSPS) is 10.5. The molecular weight excluding hydrogens is 306 g/mol. The molecule has 0 aliphatic carbocycles. The lowest BCUT2D eigenvalue weighted by molar-refractivity contribution is -0.116. The summed E-state index contributed by atoms with van der Waals surface area (Å²) in [6, 6.07) is 11.0. The fraction of sp³-hybridized carbons (Fsp3) is 0.0667. The monoisotopic (exact) mass is 317 g/mol. The summed E-state index contributed by atoms with van der Waals surface area (Å²) in [5.41, 5.74) is 0.685. The number of aromatic nitrogens is 2. The summed E-state index contributed by atoms with van der Waals surface area (Å²) in [6.45, 7) is 0.208. The van der Waals surface area contributed by atoms with Crippen molar-refractivity contribution >= 4 is 34.5 Å². The highest BCUT2D eigenvalue weighted by atomic mass is 35.5. The Morgan fingerprint density at radius 1 is 1.33 bits per heavy atom. The second kappa shape index (κ2) is 6.11. The minimum atomic E-state index is -0.118. The zero-order valence-corrected chi connectivity index (χ0v) is 12.6. The highest BCUT2D eigenvalue weighted by Gasteiger charge is 2.10. The van der Waals surface area contributed by atoms with Gasteiger partial charge in [-0.1, -0.05) is 23.7 Å². The molecule has 0 aliphatic rings. The molecule has 0 saturated carbocycles. The Morgan fingerprint density at radius 2 is 2.24 bits per heavy atom. The Hall–Kier alpha value is -2.11. The first kappa shape index (κ1) is 13.9. The maximum Gasteiger partial charge on any atom is 0.244 e. The Labute approximate surface area is 131 Å². The highest BCUT2D eigenvalue weighted by Crippen LogP contribution is 2.23. The van der Waals surface area contributed by atoms with Crippen molar-refractivity contribution in [1.29, 1.82) is 0 Å². The molecule has 3 rings (SSSR count). The molecule has 0 radical (unpaired) electrons. The van der Waals surface area contributed by atoms with Crippen molar-refractivity contribution in [3.05, 3.63) is 59.2 Å². The van der Waals surface area contributed by atoms with E-state index in [1.165, 1.54) is 0 Å². The maximum atomic E-state index is 12.1. The van der Waals surface area contributed by atoms with Gasteiger partial charge in [-0.3, -0.25) is 4.79 Å². The number of carbonyl (C=O) groups is 1. The average molecular weight is 318 g/mol. The van der Waals surface area contributed by atoms with Gasteiger partial charge in [0, 0.05) is 23.1 Å². The number of amides is 1. The number of anilines is 1. The van der Waals surface area contributed by atoms with Crippen LogP contribution in [0.1, 0.15) is 0 Å². The van der Waals surface area contributed by atoms with Gasteiger partial charge in [-0.15, -0.1) is 11.3 Å². The summed E-state index contributed by atoms with van der Waals surface area (Å²) in [7, 11) is 0. The fourth-order valence-electron chi connectivity index (χ4n) is 1.99. The molecule has 2 heterocycles. The number of imidazole rings is 1. The maximum absolute atomic E-state index is 12.1. The minimum Gasteiger partial charge on any atom is -0.324 e. The number of nitrogens with one attached hydrogen (secondary N) is 1. The molecular formula is C15H12ClN3OS. The van der Waals surface area contributed by atoms with E-state index in [0.717, 1.165) is 10.7 Å². The first-order chi connectivity index (χ1) is 10.2. The van der Waals surface area contributed by atoms with Crippen molar-refractivity contribution in [3.8, 4) is 10.7 Å². The van der Waals surface area contributed by atoms with Crippen LogP contribution in [0.4, 0.5) is 5.69 Å². The van der Waals surface area contributed by atoms with Gasteiger partial charge in [0.15, 0.2) is 0 Å². The number of benzene rings is 1. The largest absolute Gasteiger partial charge is 0.324 e. The molecule has 106 valence electrons.